The molecule has 0 N–H and O–H groups in total. The molecule has 1 aliphatic rings. The molecule has 0 atom stereocenters. The van der Waals surface area contributed by atoms with Crippen molar-refractivity contribution in [2.45, 2.75) is 12.8 Å². The summed E-state index contributed by atoms with van der Waals surface area (Å²) in [6.07, 6.45) is 4.38. The first-order valence-corrected chi connectivity index (χ1v) is 10.8. The van der Waals surface area contributed by atoms with Gasteiger partial charge < -0.3 is 17.0 Å². The highest BCUT2D eigenvalue weighted by molar-refractivity contribution is 5.66. The number of rotatable bonds is 3. The summed E-state index contributed by atoms with van der Waals surface area (Å²) in [5.41, 5.74) is 8.84. The van der Waals surface area contributed by atoms with Crippen molar-refractivity contribution in [2.24, 2.45) is 0 Å². The van der Waals surface area contributed by atoms with Gasteiger partial charge in [0.1, 0.15) is 17.6 Å². The maximum absolute atomic E-state index is 2.43. The Labute approximate surface area is 199 Å². The fourth-order valence-electron chi connectivity index (χ4n) is 4.68. The number of imidazole rings is 1. The first-order chi connectivity index (χ1) is 15.4. The Morgan fingerprint density at radius 3 is 1.88 bits per heavy atom. The summed E-state index contributed by atoms with van der Waals surface area (Å²) in [6, 6.07) is 39.0. The topological polar surface area (TPSA) is 8.81 Å². The third kappa shape index (κ3) is 3.49. The van der Waals surface area contributed by atoms with Gasteiger partial charge in [-0.2, -0.15) is 9.13 Å². The van der Waals surface area contributed by atoms with Crippen molar-refractivity contribution in [3.05, 3.63) is 127 Å². The van der Waals surface area contributed by atoms with Crippen LogP contribution in [0.15, 0.2) is 115 Å². The number of benzene rings is 4. The van der Waals surface area contributed by atoms with Crippen molar-refractivity contribution in [3.8, 4) is 33.8 Å². The molecule has 0 bridgehead atoms. The van der Waals surface area contributed by atoms with E-state index in [1.807, 2.05) is 0 Å². The molecule has 0 spiro atoms. The van der Waals surface area contributed by atoms with E-state index in [1.54, 1.807) is 0 Å². The first kappa shape index (κ1) is 20.5. The Morgan fingerprint density at radius 1 is 0.562 bits per heavy atom. The van der Waals surface area contributed by atoms with E-state index >= 15 is 0 Å². The van der Waals surface area contributed by atoms with E-state index in [0.717, 1.165) is 12.8 Å². The molecule has 1 aliphatic heterocycles. The summed E-state index contributed by atoms with van der Waals surface area (Å²) in [5.74, 6) is 1.32. The molecule has 1 aromatic heterocycles. The van der Waals surface area contributed by atoms with Crippen LogP contribution in [0.3, 0.4) is 0 Å². The number of hydrogen-bond donors (Lipinski definition) is 0. The third-order valence-electron chi connectivity index (χ3n) is 6.20. The van der Waals surface area contributed by atoms with E-state index < -0.39 is 0 Å². The van der Waals surface area contributed by atoms with Gasteiger partial charge in [-0.05, 0) is 41.3 Å². The van der Waals surface area contributed by atoms with Crippen molar-refractivity contribution in [3.63, 3.8) is 0 Å². The van der Waals surface area contributed by atoms with Gasteiger partial charge in [0, 0.05) is 5.56 Å². The van der Waals surface area contributed by atoms with Gasteiger partial charge in [0.25, 0.3) is 5.82 Å². The van der Waals surface area contributed by atoms with E-state index in [-0.39, 0.29) is 17.0 Å². The summed E-state index contributed by atoms with van der Waals surface area (Å²) in [6.45, 7) is 0. The van der Waals surface area contributed by atoms with E-state index in [9.17, 15) is 0 Å². The molecular formula is C29H23BrN2. The van der Waals surface area contributed by atoms with Crippen LogP contribution in [0.4, 0.5) is 0 Å². The SMILES string of the molecule is [Br-].c1ccc(-c2ccc(-n3c(-c4ccccc4)c[n+]4c3CCc3ccccc3-4)cc2)cc1. The number of hydrogen-bond acceptors (Lipinski definition) is 0. The maximum atomic E-state index is 2.43. The number of para-hydroxylation sites is 1. The van der Waals surface area contributed by atoms with Gasteiger partial charge in [-0.25, -0.2) is 0 Å². The lowest BCUT2D eigenvalue weighted by Crippen LogP contribution is -3.00. The average Bonchev–Trinajstić information content (AvgIpc) is 3.25. The Balaban J connectivity index is 0.00000216. The van der Waals surface area contributed by atoms with Crippen LogP contribution in [0, 0.1) is 0 Å². The molecule has 0 saturated heterocycles. The zero-order valence-electron chi connectivity index (χ0n) is 17.7. The van der Waals surface area contributed by atoms with Crippen LogP contribution in [0.1, 0.15) is 11.4 Å². The van der Waals surface area contributed by atoms with Crippen LogP contribution >= 0.6 is 0 Å². The van der Waals surface area contributed by atoms with Crippen molar-refractivity contribution < 1.29 is 21.5 Å². The lowest BCUT2D eigenvalue weighted by molar-refractivity contribution is -0.606. The predicted octanol–water partition coefficient (Wildman–Crippen LogP) is 3.19. The molecule has 0 radical (unpaired) electrons. The van der Waals surface area contributed by atoms with Crippen molar-refractivity contribution >= 4 is 0 Å². The maximum Gasteiger partial charge on any atom is 0.267 e. The van der Waals surface area contributed by atoms with Crippen molar-refractivity contribution in [2.75, 3.05) is 0 Å². The molecule has 32 heavy (non-hydrogen) atoms. The van der Waals surface area contributed by atoms with Gasteiger partial charge in [-0.1, -0.05) is 91.0 Å². The Bertz CT molecular complexity index is 1350. The van der Waals surface area contributed by atoms with Gasteiger partial charge in [-0.15, -0.1) is 0 Å². The van der Waals surface area contributed by atoms with Crippen molar-refractivity contribution in [1.82, 2.24) is 4.57 Å². The third-order valence-corrected chi connectivity index (χ3v) is 6.20. The van der Waals surface area contributed by atoms with E-state index in [4.69, 9.17) is 0 Å². The molecule has 5 aromatic rings. The van der Waals surface area contributed by atoms with Crippen LogP contribution in [-0.2, 0) is 12.8 Å². The zero-order chi connectivity index (χ0) is 20.6. The number of aromatic nitrogens is 2. The Hall–Kier alpha value is -3.43. The van der Waals surface area contributed by atoms with Gasteiger partial charge in [0.15, 0.2) is 5.69 Å². The summed E-state index contributed by atoms with van der Waals surface area (Å²) < 4.78 is 4.81. The van der Waals surface area contributed by atoms with Crippen LogP contribution < -0.4 is 21.5 Å². The zero-order valence-corrected chi connectivity index (χ0v) is 19.2. The Morgan fingerprint density at radius 2 is 1.16 bits per heavy atom. The molecule has 6 rings (SSSR count). The molecule has 0 amide bonds. The van der Waals surface area contributed by atoms with E-state index in [2.05, 4.69) is 125 Å². The standard InChI is InChI=1S/C29H23N2.BrH/c1-3-9-22(10-4-1)23-15-18-26(19-16-23)31-28(24-11-5-2-6-12-24)21-30-27-14-8-7-13-25(27)17-20-29(30)31;/h1-16,18-19,21H,17,20H2;1H/q+1;/p-1. The number of fused-ring (bicyclic) bond motifs is 3. The molecule has 2 heterocycles. The van der Waals surface area contributed by atoms with Gasteiger partial charge in [0.2, 0.25) is 0 Å². The molecule has 0 unspecified atom stereocenters. The van der Waals surface area contributed by atoms with Crippen LogP contribution in [-0.4, -0.2) is 4.57 Å². The predicted molar refractivity (Wildman–Crippen MR) is 126 cm³/mol. The molecular weight excluding hydrogens is 456 g/mol. The lowest BCUT2D eigenvalue weighted by atomic mass is 10.0. The Kier molecular flexibility index (Phi) is 5.50. The van der Waals surface area contributed by atoms with E-state index in [0.29, 0.717) is 0 Å². The molecule has 4 aromatic carbocycles. The number of aryl methyl sites for hydroxylation is 1. The van der Waals surface area contributed by atoms with Crippen molar-refractivity contribution in [1.29, 1.82) is 0 Å². The molecule has 156 valence electrons. The number of halogens is 1. The molecule has 2 nitrogen and oxygen atoms in total. The minimum atomic E-state index is 0. The minimum Gasteiger partial charge on any atom is -1.00 e. The van der Waals surface area contributed by atoms with E-state index in [1.165, 1.54) is 45.1 Å². The minimum absolute atomic E-state index is 0. The lowest BCUT2D eigenvalue weighted by Gasteiger charge is -2.14. The fourth-order valence-corrected chi connectivity index (χ4v) is 4.68. The fraction of sp³-hybridized carbons (Fsp3) is 0.0690. The average molecular weight is 479 g/mol. The van der Waals surface area contributed by atoms with Crippen LogP contribution in [0.2, 0.25) is 0 Å². The summed E-state index contributed by atoms with van der Waals surface area (Å²) in [4.78, 5) is 0. The van der Waals surface area contributed by atoms with Gasteiger partial charge in [0.05, 0.1) is 6.42 Å². The molecule has 0 aliphatic carbocycles. The summed E-state index contributed by atoms with van der Waals surface area (Å²) >= 11 is 0. The molecule has 3 heteroatoms. The molecule has 0 fully saturated rings. The normalized spacial score (nSPS) is 11.9. The first-order valence-electron chi connectivity index (χ1n) is 10.8. The second-order valence-electron chi connectivity index (χ2n) is 8.04. The van der Waals surface area contributed by atoms with Crippen LogP contribution in [0.25, 0.3) is 33.8 Å². The second-order valence-corrected chi connectivity index (χ2v) is 8.04. The second kappa shape index (κ2) is 8.60. The summed E-state index contributed by atoms with van der Waals surface area (Å²) in [5, 5.41) is 0. The highest BCUT2D eigenvalue weighted by atomic mass is 79.9. The molecule has 0 saturated carbocycles. The van der Waals surface area contributed by atoms with Gasteiger partial charge >= 0.3 is 0 Å². The monoisotopic (exact) mass is 478 g/mol. The quantitative estimate of drug-likeness (QED) is 0.352. The highest BCUT2D eigenvalue weighted by Gasteiger charge is 2.31. The highest BCUT2D eigenvalue weighted by Crippen LogP contribution is 2.30. The largest absolute Gasteiger partial charge is 1.00 e. The number of nitrogens with zero attached hydrogens (tertiary/aromatic N) is 2. The van der Waals surface area contributed by atoms with Gasteiger partial charge in [-0.3, -0.25) is 0 Å². The smallest absolute Gasteiger partial charge is 0.267 e. The summed E-state index contributed by atoms with van der Waals surface area (Å²) in [7, 11) is 0. The van der Waals surface area contributed by atoms with Crippen LogP contribution in [0.5, 0.6) is 0 Å².